The van der Waals surface area contributed by atoms with Gasteiger partial charge in [-0.05, 0) is 24.3 Å². The van der Waals surface area contributed by atoms with Crippen molar-refractivity contribution in [2.75, 3.05) is 0 Å². The van der Waals surface area contributed by atoms with Crippen LogP contribution in [0.5, 0.6) is 0 Å². The summed E-state index contributed by atoms with van der Waals surface area (Å²) in [7, 11) is 0. The largest absolute Gasteiger partial charge is 0.357 e. The first-order valence-corrected chi connectivity index (χ1v) is 4.56. The number of nitrogens with one attached hydrogen (secondary N) is 1. The van der Waals surface area contributed by atoms with Gasteiger partial charge in [0, 0.05) is 27.6 Å². The molecule has 0 radical (unpaired) electrons. The highest BCUT2D eigenvalue weighted by Crippen LogP contribution is 2.19. The number of halogens is 2. The Bertz CT molecular complexity index is 411. The predicted molar refractivity (Wildman–Crippen MR) is 61.1 cm³/mol. The molecule has 0 unspecified atom stereocenters. The van der Waals surface area contributed by atoms with Crippen LogP contribution in [-0.2, 0) is 6.54 Å². The highest BCUT2D eigenvalue weighted by molar-refractivity contribution is 9.10. The first kappa shape index (κ1) is 10.6. The molecular weight excluding hydrogens is 251 g/mol. The van der Waals surface area contributed by atoms with Crippen LogP contribution in [0.2, 0.25) is 0 Å². The number of H-pyrrole nitrogens is 1. The molecule has 1 aromatic heterocycles. The minimum Gasteiger partial charge on any atom is -0.357 e. The van der Waals surface area contributed by atoms with Crippen LogP contribution in [0.4, 0.5) is 0 Å². The van der Waals surface area contributed by atoms with Crippen molar-refractivity contribution in [1.29, 1.82) is 0 Å². The Labute approximate surface area is 91.0 Å². The van der Waals surface area contributed by atoms with Crippen molar-refractivity contribution in [3.63, 3.8) is 0 Å². The normalized spacial score (nSPS) is 10.0. The molecule has 1 heterocycles. The van der Waals surface area contributed by atoms with E-state index in [1.807, 2.05) is 12.1 Å². The van der Waals surface area contributed by atoms with Crippen LogP contribution < -0.4 is 5.73 Å². The SMILES string of the molecule is Cl.NCc1cc2cc(Br)ccc2[nH]1. The average Bonchev–Trinajstić information content (AvgIpc) is 2.46. The smallest absolute Gasteiger partial charge is 0.0457 e. The van der Waals surface area contributed by atoms with E-state index in [2.05, 4.69) is 33.0 Å². The maximum Gasteiger partial charge on any atom is 0.0457 e. The van der Waals surface area contributed by atoms with E-state index >= 15 is 0 Å². The van der Waals surface area contributed by atoms with Gasteiger partial charge in [0.1, 0.15) is 0 Å². The first-order chi connectivity index (χ1) is 5.79. The molecule has 0 saturated heterocycles. The predicted octanol–water partition coefficient (Wildman–Crippen LogP) is 2.81. The molecule has 2 aromatic rings. The monoisotopic (exact) mass is 260 g/mol. The van der Waals surface area contributed by atoms with Crippen LogP contribution in [0.15, 0.2) is 28.7 Å². The molecule has 0 spiro atoms. The fraction of sp³-hybridized carbons (Fsp3) is 0.111. The summed E-state index contributed by atoms with van der Waals surface area (Å²) in [5, 5.41) is 1.20. The Balaban J connectivity index is 0.000000845. The summed E-state index contributed by atoms with van der Waals surface area (Å²) in [5.74, 6) is 0. The van der Waals surface area contributed by atoms with E-state index in [1.165, 1.54) is 5.39 Å². The Kier molecular flexibility index (Phi) is 3.36. The minimum atomic E-state index is 0. The maximum atomic E-state index is 5.51. The lowest BCUT2D eigenvalue weighted by molar-refractivity contribution is 1.02. The summed E-state index contributed by atoms with van der Waals surface area (Å²) in [6, 6.07) is 8.20. The molecule has 4 heteroatoms. The van der Waals surface area contributed by atoms with E-state index in [-0.39, 0.29) is 12.4 Å². The molecule has 0 aliphatic heterocycles. The minimum absolute atomic E-state index is 0. The first-order valence-electron chi connectivity index (χ1n) is 3.77. The standard InChI is InChI=1S/C9H9BrN2.ClH/c10-7-1-2-9-6(3-7)4-8(5-11)12-9;/h1-4,12H,5,11H2;1H. The lowest BCUT2D eigenvalue weighted by Gasteiger charge is -1.89. The summed E-state index contributed by atoms with van der Waals surface area (Å²) in [5.41, 5.74) is 7.72. The number of nitrogens with two attached hydrogens (primary N) is 1. The number of hydrogen-bond acceptors (Lipinski definition) is 1. The van der Waals surface area contributed by atoms with Gasteiger partial charge in [-0.3, -0.25) is 0 Å². The molecule has 2 nitrogen and oxygen atoms in total. The highest BCUT2D eigenvalue weighted by atomic mass is 79.9. The lowest BCUT2D eigenvalue weighted by Crippen LogP contribution is -1.94. The molecule has 0 bridgehead atoms. The van der Waals surface area contributed by atoms with E-state index in [1.54, 1.807) is 0 Å². The molecule has 3 N–H and O–H groups in total. The van der Waals surface area contributed by atoms with Gasteiger partial charge in [0.05, 0.1) is 0 Å². The average molecular weight is 262 g/mol. The van der Waals surface area contributed by atoms with Crippen LogP contribution in [0, 0.1) is 0 Å². The topological polar surface area (TPSA) is 41.8 Å². The lowest BCUT2D eigenvalue weighted by atomic mass is 10.2. The van der Waals surface area contributed by atoms with E-state index < -0.39 is 0 Å². The molecule has 1 aromatic carbocycles. The molecule has 2 rings (SSSR count). The maximum absolute atomic E-state index is 5.51. The van der Waals surface area contributed by atoms with Crippen molar-refractivity contribution in [1.82, 2.24) is 4.98 Å². The van der Waals surface area contributed by atoms with Crippen LogP contribution in [0.1, 0.15) is 5.69 Å². The van der Waals surface area contributed by atoms with Gasteiger partial charge in [0.25, 0.3) is 0 Å². The van der Waals surface area contributed by atoms with E-state index in [9.17, 15) is 0 Å². The number of fused-ring (bicyclic) bond motifs is 1. The fourth-order valence-corrected chi connectivity index (χ4v) is 1.65. The third-order valence-corrected chi connectivity index (χ3v) is 2.35. The molecule has 13 heavy (non-hydrogen) atoms. The van der Waals surface area contributed by atoms with Gasteiger partial charge in [-0.15, -0.1) is 12.4 Å². The van der Waals surface area contributed by atoms with Gasteiger partial charge in [-0.2, -0.15) is 0 Å². The zero-order valence-electron chi connectivity index (χ0n) is 6.88. The van der Waals surface area contributed by atoms with E-state index in [0.29, 0.717) is 6.54 Å². The summed E-state index contributed by atoms with van der Waals surface area (Å²) >= 11 is 3.42. The Morgan fingerprint density at radius 1 is 1.31 bits per heavy atom. The van der Waals surface area contributed by atoms with Gasteiger partial charge in [-0.1, -0.05) is 15.9 Å². The molecule has 0 atom stereocenters. The summed E-state index contributed by atoms with van der Waals surface area (Å²) in [4.78, 5) is 3.23. The Hall–Kier alpha value is -0.510. The third kappa shape index (κ3) is 2.05. The van der Waals surface area contributed by atoms with Gasteiger partial charge in [0.2, 0.25) is 0 Å². The molecule has 0 saturated carbocycles. The van der Waals surface area contributed by atoms with Gasteiger partial charge < -0.3 is 10.7 Å². The van der Waals surface area contributed by atoms with Crippen molar-refractivity contribution >= 4 is 39.2 Å². The van der Waals surface area contributed by atoms with E-state index in [4.69, 9.17) is 5.73 Å². The van der Waals surface area contributed by atoms with Crippen molar-refractivity contribution < 1.29 is 0 Å². The second-order valence-electron chi connectivity index (χ2n) is 2.73. The quantitative estimate of drug-likeness (QED) is 0.814. The highest BCUT2D eigenvalue weighted by Gasteiger charge is 1.98. The Morgan fingerprint density at radius 3 is 2.77 bits per heavy atom. The van der Waals surface area contributed by atoms with Gasteiger partial charge >= 0.3 is 0 Å². The molecule has 0 aliphatic carbocycles. The van der Waals surface area contributed by atoms with Crippen LogP contribution in [-0.4, -0.2) is 4.98 Å². The Morgan fingerprint density at radius 2 is 2.08 bits per heavy atom. The van der Waals surface area contributed by atoms with Crippen molar-refractivity contribution in [3.05, 3.63) is 34.4 Å². The number of rotatable bonds is 1. The second kappa shape index (κ2) is 4.13. The number of hydrogen-bond donors (Lipinski definition) is 2. The molecular formula is C9H10BrClN2. The van der Waals surface area contributed by atoms with Crippen molar-refractivity contribution in [3.8, 4) is 0 Å². The molecule has 0 fully saturated rings. The van der Waals surface area contributed by atoms with Crippen molar-refractivity contribution in [2.24, 2.45) is 5.73 Å². The molecule has 70 valence electrons. The zero-order chi connectivity index (χ0) is 8.55. The number of benzene rings is 1. The molecule has 0 aliphatic rings. The summed E-state index contributed by atoms with van der Waals surface area (Å²) in [6.45, 7) is 0.562. The van der Waals surface area contributed by atoms with Gasteiger partial charge in [-0.25, -0.2) is 0 Å². The van der Waals surface area contributed by atoms with Crippen LogP contribution in [0.25, 0.3) is 10.9 Å². The zero-order valence-corrected chi connectivity index (χ0v) is 9.28. The summed E-state index contributed by atoms with van der Waals surface area (Å²) in [6.07, 6.45) is 0. The van der Waals surface area contributed by atoms with E-state index in [0.717, 1.165) is 15.7 Å². The van der Waals surface area contributed by atoms with Crippen LogP contribution >= 0.6 is 28.3 Å². The fourth-order valence-electron chi connectivity index (χ4n) is 1.27. The third-order valence-electron chi connectivity index (χ3n) is 1.86. The van der Waals surface area contributed by atoms with Gasteiger partial charge in [0.15, 0.2) is 0 Å². The number of aromatic amines is 1. The summed E-state index contributed by atoms with van der Waals surface area (Å²) < 4.78 is 1.09. The second-order valence-corrected chi connectivity index (χ2v) is 3.65. The van der Waals surface area contributed by atoms with Crippen LogP contribution in [0.3, 0.4) is 0 Å². The van der Waals surface area contributed by atoms with Crippen molar-refractivity contribution in [2.45, 2.75) is 6.54 Å². The number of aromatic nitrogens is 1. The molecule has 0 amide bonds.